The highest BCUT2D eigenvalue weighted by Crippen LogP contribution is 2.60. The molecular formula is C118H111N3O9. The van der Waals surface area contributed by atoms with Gasteiger partial charge in [0.1, 0.15) is 51.7 Å². The molecule has 0 saturated heterocycles. The Morgan fingerprint density at radius 1 is 0.331 bits per heavy atom. The molecule has 12 heteroatoms. The lowest BCUT2D eigenvalue weighted by molar-refractivity contribution is 0.162. The lowest BCUT2D eigenvalue weighted by atomic mass is 9.71. The second-order valence-corrected chi connectivity index (χ2v) is 36.7. The van der Waals surface area contributed by atoms with Crippen LogP contribution in [-0.4, -0.2) is 84.4 Å². The monoisotopic (exact) mass is 1710 g/mol. The number of aryl methyl sites for hydroxylation is 1. The predicted molar refractivity (Wildman–Crippen MR) is 533 cm³/mol. The van der Waals surface area contributed by atoms with Crippen LogP contribution in [0.15, 0.2) is 297 Å². The van der Waals surface area contributed by atoms with E-state index in [1.165, 1.54) is 103 Å². The minimum atomic E-state index is -0.851. The van der Waals surface area contributed by atoms with Gasteiger partial charge in [0.25, 0.3) is 0 Å². The molecule has 5 unspecified atom stereocenters. The zero-order chi connectivity index (χ0) is 89.3. The first-order chi connectivity index (χ1) is 63.3. The first kappa shape index (κ1) is 84.1. The predicted octanol–water partition coefficient (Wildman–Crippen LogP) is 26.8. The Hall–Kier alpha value is -14.1. The van der Waals surface area contributed by atoms with Crippen molar-refractivity contribution in [3.63, 3.8) is 0 Å². The Labute approximate surface area is 764 Å². The molecule has 5 atom stereocenters. The number of fused-ring (bicyclic) bond motifs is 26. The Kier molecular flexibility index (Phi) is 22.1. The van der Waals surface area contributed by atoms with E-state index in [2.05, 4.69) is 356 Å². The summed E-state index contributed by atoms with van der Waals surface area (Å²) in [4.78, 5) is 6.36. The van der Waals surface area contributed by atoms with E-state index >= 15 is 0 Å². The minimum Gasteiger partial charge on any atom is -0.497 e. The number of hydrogen-bond donors (Lipinski definition) is 0. The van der Waals surface area contributed by atoms with Crippen molar-refractivity contribution < 1.29 is 42.6 Å². The molecule has 1 fully saturated rings. The van der Waals surface area contributed by atoms with Crippen molar-refractivity contribution in [3.05, 3.63) is 375 Å². The number of rotatable bonds is 14. The zero-order valence-corrected chi connectivity index (χ0v) is 76.6. The van der Waals surface area contributed by atoms with E-state index in [-0.39, 0.29) is 5.41 Å². The summed E-state index contributed by atoms with van der Waals surface area (Å²) in [6.45, 7) is 5.09. The lowest BCUT2D eigenvalue weighted by Crippen LogP contribution is -2.35. The molecule has 0 spiro atoms. The van der Waals surface area contributed by atoms with Gasteiger partial charge >= 0.3 is 0 Å². The van der Waals surface area contributed by atoms with Gasteiger partial charge in [0, 0.05) is 137 Å². The Morgan fingerprint density at radius 2 is 0.731 bits per heavy atom. The van der Waals surface area contributed by atoms with Crippen LogP contribution in [-0.2, 0) is 41.5 Å². The first-order valence-electron chi connectivity index (χ1n) is 45.6. The van der Waals surface area contributed by atoms with Gasteiger partial charge in [0.15, 0.2) is 16.8 Å². The van der Waals surface area contributed by atoms with Crippen molar-refractivity contribution >= 4 is 67.6 Å². The third kappa shape index (κ3) is 14.5. The largest absolute Gasteiger partial charge is 0.497 e. The fraction of sp³-hybridized carbons (Fsp3) is 0.237. The highest BCUT2D eigenvalue weighted by molar-refractivity contribution is 6.10. The molecule has 22 rings (SSSR count). The second kappa shape index (κ2) is 34.2. The van der Waals surface area contributed by atoms with Crippen LogP contribution in [0.1, 0.15) is 130 Å². The van der Waals surface area contributed by atoms with Gasteiger partial charge in [-0.3, -0.25) is 0 Å². The van der Waals surface area contributed by atoms with E-state index in [0.29, 0.717) is 18.4 Å². The van der Waals surface area contributed by atoms with Crippen LogP contribution in [0.25, 0.3) is 83.9 Å². The van der Waals surface area contributed by atoms with Crippen LogP contribution in [0, 0.1) is 5.92 Å². The highest BCUT2D eigenvalue weighted by Gasteiger charge is 2.47. The number of methoxy groups -OCH3 is 5. The fourth-order valence-corrected chi connectivity index (χ4v) is 21.5. The molecule has 3 aliphatic carbocycles. The Morgan fingerprint density at radius 3 is 1.25 bits per heavy atom. The molecule has 0 N–H and O–H groups in total. The summed E-state index contributed by atoms with van der Waals surface area (Å²) in [6.07, 6.45) is 22.9. The topological polar surface area (TPSA) is 92.8 Å². The molecule has 0 aromatic heterocycles. The Balaban J connectivity index is 0.000000123. The zero-order valence-electron chi connectivity index (χ0n) is 76.6. The molecule has 652 valence electrons. The van der Waals surface area contributed by atoms with E-state index in [0.717, 1.165) is 161 Å². The van der Waals surface area contributed by atoms with Gasteiger partial charge in [-0.2, -0.15) is 0 Å². The number of nitrogens with zero attached hydrogens (tertiary/aromatic N) is 3. The third-order valence-corrected chi connectivity index (χ3v) is 28.2. The molecule has 7 aliphatic rings. The standard InChI is InChI=1S/C43H43NO4.C38H35NO3.C37H33NO2/c1-44(2)31-14-10-29(11-15-31)43(30-12-16-32(45-3)17-13-30)23-22-38-41-35-9-7-6-8-27(35)24-28-25-33(46-4)18-20-36(28)40(41)37-21-19-34(47-5)26-39(37)42(38)48-43;1-37(2)24-41-33-14-10-9-13-30(33)34-29-20-19-28(40-5)23-32(29)36-31(35(34)37)21-22-38(42-36,25-11-7-6-8-12-25)26-15-17-27(18-16-26)39(3)4;1-38(2)28-18-16-27(17-19-28)37(26-12-5-4-6-13-26)23-22-33-31-15-9-11-25-10-7-8-14-30(25)35(31)32-21-20-29(39-3)24-34(32)36(33)40-37/h10-23,25-27,35H,6-9,24H2,1-5H3;6-23H,24H2,1-5H3;4-8,10,12-14,16-24H,9,11,15H2,1-3H3. The number of ether oxygens (including phenoxy) is 9. The van der Waals surface area contributed by atoms with Crippen LogP contribution in [0.5, 0.6) is 51.7 Å². The number of anilines is 3. The fourth-order valence-electron chi connectivity index (χ4n) is 21.5. The summed E-state index contributed by atoms with van der Waals surface area (Å²) < 4.78 is 57.4. The minimum absolute atomic E-state index is 0.277. The van der Waals surface area contributed by atoms with Gasteiger partial charge in [-0.1, -0.05) is 203 Å². The van der Waals surface area contributed by atoms with Gasteiger partial charge in [0.2, 0.25) is 0 Å². The average molecular weight is 1720 g/mol. The molecule has 0 amide bonds. The van der Waals surface area contributed by atoms with Crippen molar-refractivity contribution in [2.24, 2.45) is 5.92 Å². The van der Waals surface area contributed by atoms with E-state index in [9.17, 15) is 0 Å². The summed E-state index contributed by atoms with van der Waals surface area (Å²) in [5.41, 5.74) is 25.1. The van der Waals surface area contributed by atoms with Crippen LogP contribution in [0.2, 0.25) is 0 Å². The van der Waals surface area contributed by atoms with Gasteiger partial charge in [-0.05, 0) is 262 Å². The maximum absolute atomic E-state index is 7.57. The molecule has 15 aromatic rings. The normalized spacial score (nSPS) is 18.8. The summed E-state index contributed by atoms with van der Waals surface area (Å²) in [5.74, 6) is 8.77. The molecule has 0 bridgehead atoms. The SMILES string of the molecule is COc1ccc(C2(c3ccc(N(C)C)cc3)C=Cc3c4c(c5ccc(OC)cc5c3O2)-c2ccc(OC)cc2CC2CCCCC42)cc1.COc1ccc2c3c(c4c(c2c1)OC(c1ccccc1)(c1ccc(N(C)C)cc1)C=C4)C(C)(C)COc1ccccc1-3.COc1ccc2c3c(c4c(c2c1)OC(c1ccccc1)(c1ccc(N(C)C)cc1)C=C4)CCCc1ccccc1-3. The molecule has 130 heavy (non-hydrogen) atoms. The Bertz CT molecular complexity index is 6940. The van der Waals surface area contributed by atoms with Crippen molar-refractivity contribution in [1.82, 2.24) is 0 Å². The van der Waals surface area contributed by atoms with Crippen LogP contribution in [0.4, 0.5) is 17.1 Å². The van der Waals surface area contributed by atoms with Crippen molar-refractivity contribution in [2.75, 3.05) is 99.1 Å². The van der Waals surface area contributed by atoms with E-state index < -0.39 is 16.8 Å². The van der Waals surface area contributed by atoms with E-state index in [1.54, 1.807) is 35.5 Å². The molecule has 1 saturated carbocycles. The van der Waals surface area contributed by atoms with E-state index in [1.807, 2.05) is 30.3 Å². The maximum Gasteiger partial charge on any atom is 0.178 e. The van der Waals surface area contributed by atoms with Crippen LogP contribution in [0.3, 0.4) is 0 Å². The number of hydrogen-bond acceptors (Lipinski definition) is 12. The van der Waals surface area contributed by atoms with Crippen molar-refractivity contribution in [1.29, 1.82) is 0 Å². The van der Waals surface area contributed by atoms with Gasteiger partial charge in [0.05, 0.1) is 42.2 Å². The summed E-state index contributed by atoms with van der Waals surface area (Å²) >= 11 is 0. The van der Waals surface area contributed by atoms with Crippen molar-refractivity contribution in [3.8, 4) is 85.1 Å². The van der Waals surface area contributed by atoms with Gasteiger partial charge in [-0.25, -0.2) is 0 Å². The van der Waals surface area contributed by atoms with Crippen molar-refractivity contribution in [2.45, 2.75) is 93.4 Å². The number of benzene rings is 15. The smallest absolute Gasteiger partial charge is 0.178 e. The first-order valence-corrected chi connectivity index (χ1v) is 45.6. The maximum atomic E-state index is 7.57. The summed E-state index contributed by atoms with van der Waals surface area (Å²) in [7, 11) is 21.0. The quantitative estimate of drug-likeness (QED) is 0.104. The van der Waals surface area contributed by atoms with Crippen LogP contribution < -0.4 is 57.3 Å². The molecule has 12 nitrogen and oxygen atoms in total. The van der Waals surface area contributed by atoms with Crippen LogP contribution >= 0.6 is 0 Å². The van der Waals surface area contributed by atoms with Gasteiger partial charge in [-0.15, -0.1) is 0 Å². The molecule has 4 heterocycles. The van der Waals surface area contributed by atoms with Gasteiger partial charge < -0.3 is 57.3 Å². The molecule has 15 aromatic carbocycles. The average Bonchev–Trinajstić information content (AvgIpc) is 1.36. The molecule has 0 radical (unpaired) electrons. The summed E-state index contributed by atoms with van der Waals surface area (Å²) in [6, 6.07) is 98.7. The third-order valence-electron chi connectivity index (χ3n) is 28.2. The number of para-hydroxylation sites is 1. The lowest BCUT2D eigenvalue weighted by Gasteiger charge is -2.39. The highest BCUT2D eigenvalue weighted by atomic mass is 16.5. The van der Waals surface area contributed by atoms with E-state index in [4.69, 9.17) is 42.6 Å². The summed E-state index contributed by atoms with van der Waals surface area (Å²) in [5, 5.41) is 6.69. The molecular weight excluding hydrogens is 1600 g/mol. The second-order valence-electron chi connectivity index (χ2n) is 36.7. The molecule has 4 aliphatic heterocycles.